The van der Waals surface area contributed by atoms with E-state index in [1.165, 1.54) is 23.9 Å². The lowest BCUT2D eigenvalue weighted by atomic mass is 10.3. The van der Waals surface area contributed by atoms with Crippen molar-refractivity contribution in [2.75, 3.05) is 5.73 Å². The molecule has 0 saturated heterocycles. The number of nitrogens with zero attached hydrogens (tertiary/aromatic N) is 1. The molecule has 0 amide bonds. The second-order valence-corrected chi connectivity index (χ2v) is 4.38. The van der Waals surface area contributed by atoms with Crippen LogP contribution in [0.4, 0.5) is 10.1 Å². The van der Waals surface area contributed by atoms with Crippen molar-refractivity contribution in [3.05, 3.63) is 54.1 Å². The van der Waals surface area contributed by atoms with Gasteiger partial charge in [0.05, 0.1) is 5.69 Å². The van der Waals surface area contributed by atoms with E-state index in [-0.39, 0.29) is 5.82 Å². The summed E-state index contributed by atoms with van der Waals surface area (Å²) in [6.45, 7) is 0. The van der Waals surface area contributed by atoms with Crippen molar-refractivity contribution < 1.29 is 4.39 Å². The molecule has 4 heteroatoms. The zero-order valence-corrected chi connectivity index (χ0v) is 9.38. The lowest BCUT2D eigenvalue weighted by molar-refractivity contribution is 0.625. The highest BCUT2D eigenvalue weighted by Gasteiger charge is 2.00. The van der Waals surface area contributed by atoms with E-state index < -0.39 is 0 Å². The number of thioether (sulfide) groups is 1. The molecule has 0 aliphatic heterocycles. The highest BCUT2D eigenvalue weighted by Crippen LogP contribution is 2.24. The lowest BCUT2D eigenvalue weighted by Crippen LogP contribution is -1.88. The van der Waals surface area contributed by atoms with Gasteiger partial charge in [-0.2, -0.15) is 0 Å². The minimum Gasteiger partial charge on any atom is -0.399 e. The first-order valence-electron chi connectivity index (χ1n) is 4.83. The van der Waals surface area contributed by atoms with Crippen LogP contribution in [0.5, 0.6) is 0 Å². The molecule has 1 aromatic carbocycles. The van der Waals surface area contributed by atoms with Gasteiger partial charge >= 0.3 is 0 Å². The second kappa shape index (κ2) is 4.99. The van der Waals surface area contributed by atoms with E-state index in [1.807, 2.05) is 18.2 Å². The minimum absolute atomic E-state index is 0.302. The first-order valence-corrected chi connectivity index (χ1v) is 5.81. The molecule has 0 unspecified atom stereocenters. The van der Waals surface area contributed by atoms with Gasteiger partial charge < -0.3 is 5.73 Å². The summed E-state index contributed by atoms with van der Waals surface area (Å²) >= 11 is 1.52. The molecule has 1 aromatic heterocycles. The Balaban J connectivity index is 2.05. The predicted molar refractivity (Wildman–Crippen MR) is 64.6 cm³/mol. The highest BCUT2D eigenvalue weighted by atomic mass is 32.2. The van der Waals surface area contributed by atoms with Gasteiger partial charge in [-0.15, -0.1) is 11.8 Å². The Morgan fingerprint density at radius 2 is 2.12 bits per heavy atom. The fraction of sp³-hybridized carbons (Fsp3) is 0.0833. The van der Waals surface area contributed by atoms with Crippen LogP contribution in [0, 0.1) is 5.82 Å². The van der Waals surface area contributed by atoms with Crippen LogP contribution in [0.25, 0.3) is 0 Å². The molecule has 16 heavy (non-hydrogen) atoms. The fourth-order valence-electron chi connectivity index (χ4n) is 1.31. The summed E-state index contributed by atoms with van der Waals surface area (Å²) in [7, 11) is 0. The summed E-state index contributed by atoms with van der Waals surface area (Å²) < 4.78 is 13.0. The van der Waals surface area contributed by atoms with E-state index in [9.17, 15) is 4.39 Å². The van der Waals surface area contributed by atoms with Gasteiger partial charge in [-0.1, -0.05) is 6.07 Å². The summed E-state index contributed by atoms with van der Waals surface area (Å²) in [6, 6.07) is 10.3. The van der Waals surface area contributed by atoms with Crippen LogP contribution in [-0.4, -0.2) is 4.98 Å². The molecule has 0 aliphatic rings. The molecule has 82 valence electrons. The van der Waals surface area contributed by atoms with Crippen LogP contribution in [0.2, 0.25) is 0 Å². The molecule has 2 rings (SSSR count). The molecule has 0 saturated carbocycles. The van der Waals surface area contributed by atoms with Gasteiger partial charge in [0.2, 0.25) is 0 Å². The molecule has 0 bridgehead atoms. The van der Waals surface area contributed by atoms with Crippen molar-refractivity contribution in [2.24, 2.45) is 0 Å². The Kier molecular flexibility index (Phi) is 3.41. The molecule has 2 nitrogen and oxygen atoms in total. The van der Waals surface area contributed by atoms with Crippen LogP contribution in [0.3, 0.4) is 0 Å². The van der Waals surface area contributed by atoms with E-state index in [1.54, 1.807) is 12.3 Å². The Morgan fingerprint density at radius 1 is 1.25 bits per heavy atom. The van der Waals surface area contributed by atoms with Crippen molar-refractivity contribution in [2.45, 2.75) is 10.6 Å². The maximum absolute atomic E-state index is 13.0. The van der Waals surface area contributed by atoms with Gasteiger partial charge in [0, 0.05) is 22.5 Å². The van der Waals surface area contributed by atoms with Crippen LogP contribution >= 0.6 is 11.8 Å². The maximum atomic E-state index is 13.0. The third-order valence-corrected chi connectivity index (χ3v) is 3.02. The highest BCUT2D eigenvalue weighted by molar-refractivity contribution is 7.98. The number of hydrogen-bond donors (Lipinski definition) is 1. The Hall–Kier alpha value is -1.55. The third kappa shape index (κ3) is 2.97. The summed E-state index contributed by atoms with van der Waals surface area (Å²) in [5, 5.41) is 0. The molecular weight excluding hydrogens is 223 g/mol. The molecular formula is C12H11FN2S. The zero-order chi connectivity index (χ0) is 11.4. The number of pyridine rings is 1. The van der Waals surface area contributed by atoms with Gasteiger partial charge in [-0.3, -0.25) is 4.98 Å². The van der Waals surface area contributed by atoms with Gasteiger partial charge in [0.15, 0.2) is 0 Å². The van der Waals surface area contributed by atoms with Gasteiger partial charge in [0.25, 0.3) is 0 Å². The lowest BCUT2D eigenvalue weighted by Gasteiger charge is -2.02. The first kappa shape index (κ1) is 11.0. The van der Waals surface area contributed by atoms with E-state index in [4.69, 9.17) is 5.73 Å². The number of nitrogens with two attached hydrogens (primary N) is 1. The van der Waals surface area contributed by atoms with Crippen LogP contribution in [0.15, 0.2) is 47.5 Å². The number of nitrogen functional groups attached to an aromatic ring is 1. The monoisotopic (exact) mass is 234 g/mol. The average molecular weight is 234 g/mol. The Bertz CT molecular complexity index is 453. The van der Waals surface area contributed by atoms with Gasteiger partial charge in [-0.25, -0.2) is 4.39 Å². The molecule has 0 aliphatic carbocycles. The van der Waals surface area contributed by atoms with Crippen LogP contribution in [-0.2, 0) is 5.75 Å². The second-order valence-electron chi connectivity index (χ2n) is 3.33. The third-order valence-electron chi connectivity index (χ3n) is 2.01. The Labute approximate surface area is 97.7 Å². The number of rotatable bonds is 3. The fourth-order valence-corrected chi connectivity index (χ4v) is 2.21. The number of aromatic nitrogens is 1. The maximum Gasteiger partial charge on any atom is 0.126 e. The van der Waals surface area contributed by atoms with Crippen molar-refractivity contribution in [1.82, 2.24) is 4.98 Å². The zero-order valence-electron chi connectivity index (χ0n) is 8.56. The smallest absolute Gasteiger partial charge is 0.126 e. The van der Waals surface area contributed by atoms with Crippen molar-refractivity contribution in [3.8, 4) is 0 Å². The summed E-state index contributed by atoms with van der Waals surface area (Å²) in [6.07, 6.45) is 1.75. The standard InChI is InChI=1S/C12H11FN2S/c13-9-5-10(14)7-12(6-9)16-8-11-3-1-2-4-15-11/h1-7H,8,14H2. The summed E-state index contributed by atoms with van der Waals surface area (Å²) in [5.41, 5.74) is 6.98. The summed E-state index contributed by atoms with van der Waals surface area (Å²) in [4.78, 5) is 5.02. The molecule has 0 atom stereocenters. The molecule has 0 radical (unpaired) electrons. The SMILES string of the molecule is Nc1cc(F)cc(SCc2ccccn2)c1. The normalized spacial score (nSPS) is 10.3. The van der Waals surface area contributed by atoms with E-state index >= 15 is 0 Å². The molecule has 1 heterocycles. The quantitative estimate of drug-likeness (QED) is 0.655. The largest absolute Gasteiger partial charge is 0.399 e. The van der Waals surface area contributed by atoms with Crippen molar-refractivity contribution in [1.29, 1.82) is 0 Å². The minimum atomic E-state index is -0.302. The summed E-state index contributed by atoms with van der Waals surface area (Å²) in [5.74, 6) is 0.410. The molecule has 2 aromatic rings. The van der Waals surface area contributed by atoms with Crippen LogP contribution < -0.4 is 5.73 Å². The average Bonchev–Trinajstić information content (AvgIpc) is 2.27. The number of halogens is 1. The first-order chi connectivity index (χ1) is 7.74. The predicted octanol–water partition coefficient (Wildman–Crippen LogP) is 3.10. The number of hydrogen-bond acceptors (Lipinski definition) is 3. The Morgan fingerprint density at radius 3 is 2.81 bits per heavy atom. The molecule has 2 N–H and O–H groups in total. The van der Waals surface area contributed by atoms with E-state index in [0.717, 1.165) is 10.6 Å². The number of anilines is 1. The molecule has 0 spiro atoms. The van der Waals surface area contributed by atoms with E-state index in [2.05, 4.69) is 4.98 Å². The van der Waals surface area contributed by atoms with Crippen LogP contribution in [0.1, 0.15) is 5.69 Å². The number of benzene rings is 1. The van der Waals surface area contributed by atoms with Gasteiger partial charge in [-0.05, 0) is 30.3 Å². The topological polar surface area (TPSA) is 38.9 Å². The van der Waals surface area contributed by atoms with Crippen molar-refractivity contribution in [3.63, 3.8) is 0 Å². The van der Waals surface area contributed by atoms with Crippen molar-refractivity contribution >= 4 is 17.4 Å². The molecule has 0 fully saturated rings. The van der Waals surface area contributed by atoms with Gasteiger partial charge in [0.1, 0.15) is 5.82 Å². The van der Waals surface area contributed by atoms with E-state index in [0.29, 0.717) is 11.4 Å².